The Morgan fingerprint density at radius 1 is 1.21 bits per heavy atom. The molecular formula is C23H29N5O5. The number of carbonyl (C=O) groups is 2. The van der Waals surface area contributed by atoms with Gasteiger partial charge in [-0.25, -0.2) is 9.48 Å². The summed E-state index contributed by atoms with van der Waals surface area (Å²) in [6.07, 6.45) is 7.74. The van der Waals surface area contributed by atoms with Crippen LogP contribution in [-0.2, 0) is 23.2 Å². The van der Waals surface area contributed by atoms with Gasteiger partial charge in [-0.2, -0.15) is 0 Å². The molecule has 0 aromatic carbocycles. The van der Waals surface area contributed by atoms with Gasteiger partial charge in [0.25, 0.3) is 0 Å². The number of ether oxygens (including phenoxy) is 2. The van der Waals surface area contributed by atoms with Crippen molar-refractivity contribution in [1.29, 1.82) is 0 Å². The number of carboxylic acid groups (broad SMARTS) is 1. The fourth-order valence-electron chi connectivity index (χ4n) is 5.10. The minimum absolute atomic E-state index is 0.0692. The van der Waals surface area contributed by atoms with Gasteiger partial charge in [0, 0.05) is 25.6 Å². The van der Waals surface area contributed by atoms with Crippen LogP contribution in [0.4, 0.5) is 4.79 Å². The van der Waals surface area contributed by atoms with Gasteiger partial charge in [-0.1, -0.05) is 11.6 Å². The van der Waals surface area contributed by atoms with Crippen molar-refractivity contribution in [3.8, 4) is 17.1 Å². The topological polar surface area (TPSA) is 120 Å². The normalized spacial score (nSPS) is 23.5. The van der Waals surface area contributed by atoms with Gasteiger partial charge in [0.2, 0.25) is 0 Å². The summed E-state index contributed by atoms with van der Waals surface area (Å²) in [5.74, 6) is -0.518. The molecule has 0 bridgehead atoms. The lowest BCUT2D eigenvalue weighted by atomic mass is 9.64. The fourth-order valence-corrected chi connectivity index (χ4v) is 5.10. The summed E-state index contributed by atoms with van der Waals surface area (Å²) in [6, 6.07) is 3.59. The largest absolute Gasteiger partial charge is 0.489 e. The second-order valence-corrected chi connectivity index (χ2v) is 9.59. The Morgan fingerprint density at radius 2 is 2.03 bits per heavy atom. The van der Waals surface area contributed by atoms with Crippen LogP contribution < -0.4 is 4.74 Å². The molecule has 3 aliphatic rings. The van der Waals surface area contributed by atoms with Crippen molar-refractivity contribution < 1.29 is 24.2 Å². The van der Waals surface area contributed by atoms with Crippen molar-refractivity contribution in [2.75, 3.05) is 13.1 Å². The molecule has 1 spiro atoms. The van der Waals surface area contributed by atoms with Crippen LogP contribution in [0.5, 0.6) is 5.75 Å². The molecule has 1 amide bonds. The number of likely N-dealkylation sites (tertiary alicyclic amines) is 1. The molecule has 10 nitrogen and oxygen atoms in total. The lowest BCUT2D eigenvalue weighted by Crippen LogP contribution is -2.61. The first-order valence-electron chi connectivity index (χ1n) is 11.6. The number of amides is 1. The first kappa shape index (κ1) is 21.7. The first-order chi connectivity index (χ1) is 15.9. The van der Waals surface area contributed by atoms with Crippen molar-refractivity contribution in [2.24, 2.45) is 18.4 Å². The van der Waals surface area contributed by atoms with Crippen LogP contribution in [0.3, 0.4) is 0 Å². The molecule has 2 aliphatic carbocycles. The molecule has 1 saturated heterocycles. The zero-order valence-corrected chi connectivity index (χ0v) is 18.8. The van der Waals surface area contributed by atoms with Crippen LogP contribution >= 0.6 is 0 Å². The highest BCUT2D eigenvalue weighted by Crippen LogP contribution is 2.48. The summed E-state index contributed by atoms with van der Waals surface area (Å²) in [5, 5.41) is 17.5. The highest BCUT2D eigenvalue weighted by atomic mass is 16.6. The molecule has 5 rings (SSSR count). The second-order valence-electron chi connectivity index (χ2n) is 9.59. The standard InChI is InChI=1S/C23H29N5O5/c1-27-19(12-32-22(31)28-13-23(14-28)8-3-9-23)20(25-26-27)18-7-6-17(11-24-18)33-16-5-2-4-15(10-16)21(29)30/h6-7,11,15-16H,2-5,8-10,12-14H2,1H3,(H,29,30)/t15-,16-/m0/s1. The molecule has 2 saturated carbocycles. The van der Waals surface area contributed by atoms with Gasteiger partial charge in [0.05, 0.1) is 23.9 Å². The summed E-state index contributed by atoms with van der Waals surface area (Å²) >= 11 is 0. The highest BCUT2D eigenvalue weighted by Gasteiger charge is 2.49. The number of aromatic nitrogens is 4. The van der Waals surface area contributed by atoms with E-state index in [4.69, 9.17) is 9.47 Å². The fraction of sp³-hybridized carbons (Fsp3) is 0.609. The number of hydrogen-bond donors (Lipinski definition) is 1. The first-order valence-corrected chi connectivity index (χ1v) is 11.6. The van der Waals surface area contributed by atoms with Crippen molar-refractivity contribution >= 4 is 12.1 Å². The molecule has 3 heterocycles. The molecule has 2 aromatic heterocycles. The van der Waals surface area contributed by atoms with E-state index in [2.05, 4.69) is 15.3 Å². The summed E-state index contributed by atoms with van der Waals surface area (Å²) in [6.45, 7) is 1.65. The predicted octanol–water partition coefficient (Wildman–Crippen LogP) is 3.02. The zero-order valence-electron chi connectivity index (χ0n) is 18.8. The maximum atomic E-state index is 12.4. The van der Waals surface area contributed by atoms with Crippen LogP contribution in [0.15, 0.2) is 18.3 Å². The molecule has 0 radical (unpaired) electrons. The van der Waals surface area contributed by atoms with E-state index in [0.29, 0.717) is 41.1 Å². The van der Waals surface area contributed by atoms with E-state index >= 15 is 0 Å². The van der Waals surface area contributed by atoms with Gasteiger partial charge >= 0.3 is 12.1 Å². The molecular weight excluding hydrogens is 426 g/mol. The van der Waals surface area contributed by atoms with E-state index in [1.165, 1.54) is 19.3 Å². The second kappa shape index (κ2) is 8.64. The van der Waals surface area contributed by atoms with E-state index in [0.717, 1.165) is 25.9 Å². The Balaban J connectivity index is 1.19. The van der Waals surface area contributed by atoms with Gasteiger partial charge in [-0.15, -0.1) is 5.10 Å². The number of hydrogen-bond acceptors (Lipinski definition) is 7. The van der Waals surface area contributed by atoms with E-state index in [9.17, 15) is 14.7 Å². The SMILES string of the molecule is Cn1nnc(-c2ccc(O[C@H]3CCC[C@H](C(=O)O)C3)cn2)c1COC(=O)N1CC2(CCC2)C1. The zero-order chi connectivity index (χ0) is 23.0. The van der Waals surface area contributed by atoms with Crippen LogP contribution in [0.2, 0.25) is 0 Å². The van der Waals surface area contributed by atoms with Crippen molar-refractivity contribution in [3.05, 3.63) is 24.0 Å². The summed E-state index contributed by atoms with van der Waals surface area (Å²) in [4.78, 5) is 29.9. The average Bonchev–Trinajstić information content (AvgIpc) is 3.11. The van der Waals surface area contributed by atoms with Crippen LogP contribution in [0, 0.1) is 11.3 Å². The van der Waals surface area contributed by atoms with Gasteiger partial charge in [-0.05, 0) is 50.7 Å². The number of nitrogens with zero attached hydrogens (tertiary/aromatic N) is 5. The third kappa shape index (κ3) is 4.38. The van der Waals surface area contributed by atoms with Crippen molar-refractivity contribution in [1.82, 2.24) is 24.9 Å². The molecule has 0 unspecified atom stereocenters. The molecule has 1 N–H and O–H groups in total. The summed E-state index contributed by atoms with van der Waals surface area (Å²) < 4.78 is 13.1. The summed E-state index contributed by atoms with van der Waals surface area (Å²) in [7, 11) is 1.76. The van der Waals surface area contributed by atoms with Crippen molar-refractivity contribution in [3.63, 3.8) is 0 Å². The van der Waals surface area contributed by atoms with E-state index in [1.807, 2.05) is 0 Å². The summed E-state index contributed by atoms with van der Waals surface area (Å²) in [5.41, 5.74) is 2.18. The van der Waals surface area contributed by atoms with E-state index in [1.54, 1.807) is 35.0 Å². The molecule has 2 aromatic rings. The Labute approximate surface area is 191 Å². The van der Waals surface area contributed by atoms with Gasteiger partial charge in [0.1, 0.15) is 23.7 Å². The Bertz CT molecular complexity index is 1020. The van der Waals surface area contributed by atoms with Gasteiger partial charge in [0.15, 0.2) is 0 Å². The average molecular weight is 456 g/mol. The smallest absolute Gasteiger partial charge is 0.410 e. The van der Waals surface area contributed by atoms with Crippen LogP contribution in [0.25, 0.3) is 11.4 Å². The molecule has 176 valence electrons. The number of carboxylic acids is 1. The molecule has 1 aliphatic heterocycles. The quantitative estimate of drug-likeness (QED) is 0.706. The Hall–Kier alpha value is -3.17. The number of carbonyl (C=O) groups excluding carboxylic acids is 1. The Kier molecular flexibility index (Phi) is 5.67. The van der Waals surface area contributed by atoms with E-state index in [-0.39, 0.29) is 24.7 Å². The van der Waals surface area contributed by atoms with Gasteiger partial charge in [-0.3, -0.25) is 9.78 Å². The third-order valence-electron chi connectivity index (χ3n) is 7.26. The number of pyridine rings is 1. The monoisotopic (exact) mass is 455 g/mol. The van der Waals surface area contributed by atoms with Crippen LogP contribution in [-0.4, -0.2) is 61.2 Å². The maximum absolute atomic E-state index is 12.4. The molecule has 2 atom stereocenters. The molecule has 33 heavy (non-hydrogen) atoms. The lowest BCUT2D eigenvalue weighted by molar-refractivity contribution is -0.143. The lowest BCUT2D eigenvalue weighted by Gasteiger charge is -2.55. The third-order valence-corrected chi connectivity index (χ3v) is 7.26. The number of aliphatic carboxylic acids is 1. The number of aryl methyl sites for hydroxylation is 1. The van der Waals surface area contributed by atoms with Crippen molar-refractivity contribution in [2.45, 2.75) is 57.7 Å². The highest BCUT2D eigenvalue weighted by molar-refractivity contribution is 5.70. The minimum atomic E-state index is -0.760. The predicted molar refractivity (Wildman–Crippen MR) is 116 cm³/mol. The van der Waals surface area contributed by atoms with Crippen LogP contribution in [0.1, 0.15) is 50.6 Å². The Morgan fingerprint density at radius 3 is 2.70 bits per heavy atom. The maximum Gasteiger partial charge on any atom is 0.410 e. The van der Waals surface area contributed by atoms with E-state index < -0.39 is 5.97 Å². The minimum Gasteiger partial charge on any atom is -0.489 e. The number of rotatable bonds is 6. The van der Waals surface area contributed by atoms with Gasteiger partial charge < -0.3 is 19.5 Å². The molecule has 10 heteroatoms. The molecule has 3 fully saturated rings.